The van der Waals surface area contributed by atoms with Crippen LogP contribution in [0.3, 0.4) is 0 Å². The van der Waals surface area contributed by atoms with E-state index in [2.05, 4.69) is 4.98 Å². The van der Waals surface area contributed by atoms with Crippen LogP contribution in [-0.4, -0.2) is 26.8 Å². The van der Waals surface area contributed by atoms with Gasteiger partial charge in [-0.15, -0.1) is 0 Å². The van der Waals surface area contributed by atoms with Gasteiger partial charge >= 0.3 is 0 Å². The summed E-state index contributed by atoms with van der Waals surface area (Å²) in [5.74, 6) is 0.194. The molecule has 158 valence electrons. The second-order valence-corrected chi connectivity index (χ2v) is 7.74. The van der Waals surface area contributed by atoms with Gasteiger partial charge in [0.05, 0.1) is 22.4 Å². The van der Waals surface area contributed by atoms with Crippen molar-refractivity contribution in [2.24, 2.45) is 5.10 Å². The molecule has 0 fully saturated rings. The van der Waals surface area contributed by atoms with E-state index >= 15 is 0 Å². The first-order valence-electron chi connectivity index (χ1n) is 10.3. The van der Waals surface area contributed by atoms with Crippen LogP contribution >= 0.6 is 0 Å². The summed E-state index contributed by atoms with van der Waals surface area (Å²) in [6.07, 6.45) is 2.90. The lowest BCUT2D eigenvalue weighted by Crippen LogP contribution is -2.28. The van der Waals surface area contributed by atoms with Gasteiger partial charge < -0.3 is 5.11 Å². The molecule has 0 bridgehead atoms. The molecule has 0 saturated carbocycles. The first-order valence-corrected chi connectivity index (χ1v) is 10.3. The number of non-ortho nitro benzene ring substituents is 1. The molecule has 5 rings (SSSR count). The van der Waals surface area contributed by atoms with Gasteiger partial charge in [-0.05, 0) is 47.9 Å². The molecular weight excluding hydrogens is 404 g/mol. The van der Waals surface area contributed by atoms with Crippen molar-refractivity contribution >= 4 is 28.0 Å². The van der Waals surface area contributed by atoms with Crippen LogP contribution in [0.25, 0.3) is 10.9 Å². The van der Waals surface area contributed by atoms with Crippen molar-refractivity contribution in [2.45, 2.75) is 18.9 Å². The van der Waals surface area contributed by atoms with Crippen LogP contribution in [-0.2, 0) is 6.42 Å². The normalized spacial score (nSPS) is 15.7. The molecule has 0 spiro atoms. The number of anilines is 1. The van der Waals surface area contributed by atoms with Crippen LogP contribution < -0.4 is 5.01 Å². The van der Waals surface area contributed by atoms with Gasteiger partial charge in [-0.25, -0.2) is 0 Å². The van der Waals surface area contributed by atoms with Gasteiger partial charge in [0.15, 0.2) is 0 Å². The smallest absolute Gasteiger partial charge is 0.269 e. The Morgan fingerprint density at radius 2 is 1.78 bits per heavy atom. The lowest BCUT2D eigenvalue weighted by atomic mass is 9.97. The highest BCUT2D eigenvalue weighted by molar-refractivity contribution is 6.03. The highest BCUT2D eigenvalue weighted by atomic mass is 16.6. The molecule has 2 heterocycles. The zero-order valence-corrected chi connectivity index (χ0v) is 17.1. The Labute approximate surface area is 184 Å². The van der Waals surface area contributed by atoms with Gasteiger partial charge in [0, 0.05) is 30.1 Å². The number of para-hydroxylation sites is 1. The molecule has 1 N–H and O–H groups in total. The number of phenolic OH excluding ortho intramolecular Hbond substituents is 1. The summed E-state index contributed by atoms with van der Waals surface area (Å²) in [4.78, 5) is 14.9. The average Bonchev–Trinajstić information content (AvgIpc) is 3.25. The molecule has 1 unspecified atom stereocenters. The third kappa shape index (κ3) is 3.65. The first kappa shape index (κ1) is 19.7. The number of nitro groups is 1. The fraction of sp³-hybridized carbons (Fsp3) is 0.120. The predicted molar refractivity (Wildman–Crippen MR) is 124 cm³/mol. The highest BCUT2D eigenvalue weighted by Gasteiger charge is 2.30. The standard InChI is InChI=1S/C25H20N4O3/c30-25-19(9-8-18-5-4-14-26-24(18)25)15-22-16-23(17-10-12-21(13-11-17)29(31)32)27-28(22)20-6-2-1-3-7-20/h1-14,22,30H,15-16H2. The second-order valence-electron chi connectivity index (χ2n) is 7.74. The zero-order valence-electron chi connectivity index (χ0n) is 17.1. The maximum Gasteiger partial charge on any atom is 0.269 e. The minimum Gasteiger partial charge on any atom is -0.505 e. The van der Waals surface area contributed by atoms with Gasteiger partial charge in [-0.3, -0.25) is 20.1 Å². The van der Waals surface area contributed by atoms with Crippen molar-refractivity contribution in [2.75, 3.05) is 5.01 Å². The number of rotatable bonds is 5. The summed E-state index contributed by atoms with van der Waals surface area (Å²) in [6, 6.07) is 24.0. The number of phenols is 1. The summed E-state index contributed by atoms with van der Waals surface area (Å²) in [6.45, 7) is 0. The van der Waals surface area contributed by atoms with Crippen LogP contribution in [0, 0.1) is 10.1 Å². The third-order valence-corrected chi connectivity index (χ3v) is 5.72. The molecule has 1 aliphatic heterocycles. The maximum atomic E-state index is 11.0. The summed E-state index contributed by atoms with van der Waals surface area (Å²) in [7, 11) is 0. The average molecular weight is 424 g/mol. The van der Waals surface area contributed by atoms with Gasteiger partial charge in [-0.1, -0.05) is 36.4 Å². The fourth-order valence-corrected chi connectivity index (χ4v) is 4.11. The van der Waals surface area contributed by atoms with Crippen molar-refractivity contribution in [1.29, 1.82) is 0 Å². The highest BCUT2D eigenvalue weighted by Crippen LogP contribution is 2.33. The van der Waals surface area contributed by atoms with Crippen molar-refractivity contribution in [3.05, 3.63) is 106 Å². The Morgan fingerprint density at radius 3 is 2.53 bits per heavy atom. The molecule has 1 atom stereocenters. The second kappa shape index (κ2) is 8.11. The molecule has 0 amide bonds. The Balaban J connectivity index is 1.49. The molecule has 32 heavy (non-hydrogen) atoms. The number of hydrazone groups is 1. The fourth-order valence-electron chi connectivity index (χ4n) is 4.11. The number of hydrogen-bond donors (Lipinski definition) is 1. The Morgan fingerprint density at radius 1 is 1.00 bits per heavy atom. The number of nitrogens with zero attached hydrogens (tertiary/aromatic N) is 4. The number of fused-ring (bicyclic) bond motifs is 1. The van der Waals surface area contributed by atoms with E-state index in [-0.39, 0.29) is 17.5 Å². The molecule has 1 aliphatic rings. The summed E-state index contributed by atoms with van der Waals surface area (Å²) in [5, 5.41) is 29.6. The molecule has 0 saturated heterocycles. The Kier molecular flexibility index (Phi) is 4.99. The number of pyridine rings is 1. The number of benzene rings is 3. The van der Waals surface area contributed by atoms with Crippen LogP contribution in [0.15, 0.2) is 90.2 Å². The number of aromatic hydroxyl groups is 1. The van der Waals surface area contributed by atoms with Gasteiger partial charge in [0.1, 0.15) is 11.3 Å². The summed E-state index contributed by atoms with van der Waals surface area (Å²) < 4.78 is 0. The lowest BCUT2D eigenvalue weighted by molar-refractivity contribution is -0.384. The first-order chi connectivity index (χ1) is 15.6. The molecular formula is C25H20N4O3. The van der Waals surface area contributed by atoms with Crippen LogP contribution in [0.2, 0.25) is 0 Å². The van der Waals surface area contributed by atoms with E-state index in [1.807, 2.05) is 59.6 Å². The van der Waals surface area contributed by atoms with Gasteiger partial charge in [0.2, 0.25) is 0 Å². The molecule has 7 heteroatoms. The van der Waals surface area contributed by atoms with Crippen LogP contribution in [0.5, 0.6) is 5.75 Å². The van der Waals surface area contributed by atoms with Crippen molar-refractivity contribution in [3.8, 4) is 5.75 Å². The minimum absolute atomic E-state index is 0.0188. The van der Waals surface area contributed by atoms with E-state index in [1.54, 1.807) is 18.3 Å². The SMILES string of the molecule is O=[N+]([O-])c1ccc(C2=NN(c3ccccc3)C(Cc3ccc4cccnc4c3O)C2)cc1. The molecule has 0 aliphatic carbocycles. The van der Waals surface area contributed by atoms with Crippen LogP contribution in [0.4, 0.5) is 11.4 Å². The number of hydrogen-bond acceptors (Lipinski definition) is 6. The third-order valence-electron chi connectivity index (χ3n) is 5.72. The molecule has 1 aromatic heterocycles. The van der Waals surface area contributed by atoms with E-state index in [9.17, 15) is 15.2 Å². The Bertz CT molecular complexity index is 1320. The molecule has 7 nitrogen and oxygen atoms in total. The number of nitro benzene ring substituents is 1. The van der Waals surface area contributed by atoms with Crippen molar-refractivity contribution < 1.29 is 10.0 Å². The number of aromatic nitrogens is 1. The van der Waals surface area contributed by atoms with Crippen molar-refractivity contribution in [3.63, 3.8) is 0 Å². The van der Waals surface area contributed by atoms with E-state index in [0.29, 0.717) is 18.4 Å². The quantitative estimate of drug-likeness (QED) is 0.357. The van der Waals surface area contributed by atoms with E-state index in [1.165, 1.54) is 12.1 Å². The monoisotopic (exact) mass is 424 g/mol. The predicted octanol–water partition coefficient (Wildman–Crippen LogP) is 5.07. The van der Waals surface area contributed by atoms with E-state index in [0.717, 1.165) is 27.9 Å². The van der Waals surface area contributed by atoms with Crippen molar-refractivity contribution in [1.82, 2.24) is 4.98 Å². The van der Waals surface area contributed by atoms with E-state index < -0.39 is 4.92 Å². The minimum atomic E-state index is -0.407. The van der Waals surface area contributed by atoms with Crippen LogP contribution in [0.1, 0.15) is 17.5 Å². The van der Waals surface area contributed by atoms with Gasteiger partial charge in [0.25, 0.3) is 5.69 Å². The molecule has 0 radical (unpaired) electrons. The van der Waals surface area contributed by atoms with Gasteiger partial charge in [-0.2, -0.15) is 5.10 Å². The topological polar surface area (TPSA) is 91.9 Å². The maximum absolute atomic E-state index is 11.0. The lowest BCUT2D eigenvalue weighted by Gasteiger charge is -2.24. The molecule has 4 aromatic rings. The Hall–Kier alpha value is -4.26. The summed E-state index contributed by atoms with van der Waals surface area (Å²) in [5.41, 5.74) is 4.11. The zero-order chi connectivity index (χ0) is 22.1. The van der Waals surface area contributed by atoms with E-state index in [4.69, 9.17) is 5.10 Å². The molecule has 3 aromatic carbocycles. The summed E-state index contributed by atoms with van der Waals surface area (Å²) >= 11 is 0. The largest absolute Gasteiger partial charge is 0.505 e.